The van der Waals surface area contributed by atoms with E-state index in [4.69, 9.17) is 0 Å². The Morgan fingerprint density at radius 1 is 0.643 bits per heavy atom. The highest BCUT2D eigenvalue weighted by Gasteiger charge is 2.21. The number of aromatic nitrogens is 4. The number of nitrogens with one attached hydrogen (secondary N) is 4. The number of carbonyl (C=O) groups excluding carboxylic acids is 4. The molecule has 220 valence electrons. The molecule has 4 aromatic heterocycles. The zero-order valence-corrected chi connectivity index (χ0v) is 23.7. The second kappa shape index (κ2) is 11.9. The van der Waals surface area contributed by atoms with Gasteiger partial charge in [-0.05, 0) is 24.6 Å². The van der Waals surface area contributed by atoms with Gasteiger partial charge >= 0.3 is 0 Å². The fraction of sp³-hybridized carbons (Fsp3) is 0.259. The van der Waals surface area contributed by atoms with Crippen molar-refractivity contribution >= 4 is 46.4 Å². The highest BCUT2D eigenvalue weighted by Crippen LogP contribution is 2.21. The number of rotatable bonds is 10. The molecule has 0 bridgehead atoms. The van der Waals surface area contributed by atoms with Gasteiger partial charge in [-0.2, -0.15) is 0 Å². The van der Waals surface area contributed by atoms with E-state index in [1.54, 1.807) is 48.7 Å². The third-order valence-electron chi connectivity index (χ3n) is 6.46. The topological polar surface area (TPSA) is 179 Å². The monoisotopic (exact) mass is 577 g/mol. The van der Waals surface area contributed by atoms with Gasteiger partial charge in [0.1, 0.15) is 22.8 Å². The summed E-state index contributed by atoms with van der Waals surface area (Å²) in [6.45, 7) is 2.50. The summed E-state index contributed by atoms with van der Waals surface area (Å²) in [7, 11) is 6.51. The molecule has 4 amide bonds. The largest absolute Gasteiger partial charge is 0.351 e. The van der Waals surface area contributed by atoms with E-state index < -0.39 is 22.6 Å². The summed E-state index contributed by atoms with van der Waals surface area (Å²) in [5.74, 6) is -1.74. The van der Waals surface area contributed by atoms with Crippen LogP contribution in [-0.2, 0) is 28.2 Å². The predicted octanol–water partition coefficient (Wildman–Crippen LogP) is 2.85. The number of hydrogen-bond donors (Lipinski definition) is 4. The standard InChI is InChI=1S/C27H31N9O6/c1-6-7-28-24(37)20-8-16(12-32(20)2)29-25(38)21-9-17(13-33(21)3)30-26(39)22-10-18(14-34(22)4)31-27(40)23-11-19(36(41)42)15-35(23)5/h8-15H,6-7H2,1-5H3,(H,28,37)(H,29,38)(H,30,39)(H,31,40). The Bertz CT molecular complexity index is 1700. The van der Waals surface area contributed by atoms with Crippen LogP contribution in [0.3, 0.4) is 0 Å². The van der Waals surface area contributed by atoms with Crippen molar-refractivity contribution in [2.45, 2.75) is 13.3 Å². The van der Waals surface area contributed by atoms with Crippen molar-refractivity contribution in [3.63, 3.8) is 0 Å². The highest BCUT2D eigenvalue weighted by atomic mass is 16.6. The van der Waals surface area contributed by atoms with Gasteiger partial charge in [-0.25, -0.2) is 0 Å². The first-order chi connectivity index (χ1) is 19.9. The van der Waals surface area contributed by atoms with Crippen LogP contribution in [-0.4, -0.2) is 53.4 Å². The van der Waals surface area contributed by atoms with E-state index >= 15 is 0 Å². The van der Waals surface area contributed by atoms with Gasteiger partial charge in [-0.3, -0.25) is 29.3 Å². The lowest BCUT2D eigenvalue weighted by Crippen LogP contribution is -2.25. The van der Waals surface area contributed by atoms with Crippen LogP contribution in [0.4, 0.5) is 22.7 Å². The second-order valence-electron chi connectivity index (χ2n) is 9.74. The summed E-state index contributed by atoms with van der Waals surface area (Å²) in [5, 5.41) is 21.9. The summed E-state index contributed by atoms with van der Waals surface area (Å²) in [5.41, 5.74) is 1.88. The number of anilines is 3. The summed E-state index contributed by atoms with van der Waals surface area (Å²) in [6, 6.07) is 5.72. The van der Waals surface area contributed by atoms with Crippen molar-refractivity contribution in [3.05, 3.63) is 81.9 Å². The van der Waals surface area contributed by atoms with E-state index in [2.05, 4.69) is 21.3 Å². The molecule has 15 nitrogen and oxygen atoms in total. The molecule has 4 heterocycles. The SMILES string of the molecule is CCCNC(=O)c1cc(NC(=O)c2cc(NC(=O)c3cc(NC(=O)c4cc([N+](=O)[O-])cn4C)cn3C)cn2C)cn1C. The van der Waals surface area contributed by atoms with Crippen LogP contribution >= 0.6 is 0 Å². The van der Waals surface area contributed by atoms with Crippen LogP contribution in [0, 0.1) is 10.1 Å². The molecule has 15 heteroatoms. The number of amides is 4. The van der Waals surface area contributed by atoms with E-state index in [1.165, 1.54) is 40.7 Å². The van der Waals surface area contributed by atoms with Crippen molar-refractivity contribution in [1.29, 1.82) is 0 Å². The predicted molar refractivity (Wildman–Crippen MR) is 155 cm³/mol. The Morgan fingerprint density at radius 2 is 1.00 bits per heavy atom. The molecule has 4 aromatic rings. The summed E-state index contributed by atoms with van der Waals surface area (Å²) >= 11 is 0. The van der Waals surface area contributed by atoms with Crippen molar-refractivity contribution in [3.8, 4) is 0 Å². The third kappa shape index (κ3) is 6.24. The first-order valence-electron chi connectivity index (χ1n) is 12.9. The van der Waals surface area contributed by atoms with Gasteiger partial charge in [-0.15, -0.1) is 0 Å². The molecule has 0 fully saturated rings. The molecule has 4 N–H and O–H groups in total. The van der Waals surface area contributed by atoms with Gasteiger partial charge in [0, 0.05) is 59.4 Å². The molecule has 0 saturated carbocycles. The van der Waals surface area contributed by atoms with Gasteiger partial charge in [0.15, 0.2) is 0 Å². The second-order valence-corrected chi connectivity index (χ2v) is 9.74. The maximum Gasteiger partial charge on any atom is 0.287 e. The molecule has 0 atom stereocenters. The van der Waals surface area contributed by atoms with Crippen LogP contribution in [0.1, 0.15) is 55.3 Å². The minimum absolute atomic E-state index is 0.0816. The van der Waals surface area contributed by atoms with Crippen LogP contribution in [0.5, 0.6) is 0 Å². The molecule has 4 rings (SSSR count). The normalized spacial score (nSPS) is 10.8. The Labute approximate surface area is 240 Å². The lowest BCUT2D eigenvalue weighted by molar-refractivity contribution is -0.384. The van der Waals surface area contributed by atoms with E-state index in [0.717, 1.165) is 12.5 Å². The molecule has 0 aliphatic carbocycles. The fourth-order valence-electron chi connectivity index (χ4n) is 4.36. The highest BCUT2D eigenvalue weighted by molar-refractivity contribution is 6.08. The Kier molecular flexibility index (Phi) is 8.31. The number of hydrogen-bond acceptors (Lipinski definition) is 6. The third-order valence-corrected chi connectivity index (χ3v) is 6.46. The van der Waals surface area contributed by atoms with Crippen LogP contribution in [0.25, 0.3) is 0 Å². The zero-order chi connectivity index (χ0) is 30.7. The zero-order valence-electron chi connectivity index (χ0n) is 23.7. The lowest BCUT2D eigenvalue weighted by atomic mass is 10.3. The molecule has 0 unspecified atom stereocenters. The van der Waals surface area contributed by atoms with E-state index in [-0.39, 0.29) is 28.7 Å². The summed E-state index contributed by atoms with van der Waals surface area (Å²) < 4.78 is 6.03. The smallest absolute Gasteiger partial charge is 0.287 e. The van der Waals surface area contributed by atoms with Crippen molar-refractivity contribution in [1.82, 2.24) is 23.6 Å². The Hall–Kier alpha value is -5.60. The molecular formula is C27H31N9O6. The number of carbonyl (C=O) groups is 4. The van der Waals surface area contributed by atoms with Crippen LogP contribution in [0.2, 0.25) is 0 Å². The van der Waals surface area contributed by atoms with Crippen LogP contribution in [0.15, 0.2) is 49.1 Å². The molecule has 0 spiro atoms. The molecule has 0 aliphatic rings. The average Bonchev–Trinajstić information content (AvgIpc) is 3.68. The molecule has 0 aliphatic heterocycles. The summed E-state index contributed by atoms with van der Waals surface area (Å²) in [4.78, 5) is 61.4. The molecule has 0 radical (unpaired) electrons. The number of aryl methyl sites for hydroxylation is 4. The number of nitro groups is 1. The van der Waals surface area contributed by atoms with E-state index in [9.17, 15) is 29.3 Å². The first-order valence-corrected chi connectivity index (χ1v) is 12.9. The average molecular weight is 578 g/mol. The molecule has 42 heavy (non-hydrogen) atoms. The number of nitrogens with zero attached hydrogens (tertiary/aromatic N) is 5. The quantitative estimate of drug-likeness (QED) is 0.166. The Balaban J connectivity index is 1.42. The molecule has 0 aromatic carbocycles. The van der Waals surface area contributed by atoms with E-state index in [0.29, 0.717) is 29.3 Å². The maximum absolute atomic E-state index is 13.0. The van der Waals surface area contributed by atoms with Crippen molar-refractivity contribution < 1.29 is 24.1 Å². The maximum atomic E-state index is 13.0. The van der Waals surface area contributed by atoms with Crippen molar-refractivity contribution in [2.75, 3.05) is 22.5 Å². The molecule has 0 saturated heterocycles. The fourth-order valence-corrected chi connectivity index (χ4v) is 4.36. The Morgan fingerprint density at radius 3 is 1.36 bits per heavy atom. The van der Waals surface area contributed by atoms with Gasteiger partial charge < -0.3 is 39.5 Å². The summed E-state index contributed by atoms with van der Waals surface area (Å²) in [6.07, 6.45) is 6.78. The van der Waals surface area contributed by atoms with Gasteiger partial charge in [0.05, 0.1) is 28.2 Å². The lowest BCUT2D eigenvalue weighted by Gasteiger charge is -2.03. The van der Waals surface area contributed by atoms with Gasteiger partial charge in [0.2, 0.25) is 0 Å². The minimum atomic E-state index is -0.590. The van der Waals surface area contributed by atoms with Gasteiger partial charge in [0.25, 0.3) is 29.3 Å². The first kappa shape index (κ1) is 29.4. The van der Waals surface area contributed by atoms with E-state index in [1.807, 2.05) is 6.92 Å². The van der Waals surface area contributed by atoms with Crippen LogP contribution < -0.4 is 21.3 Å². The van der Waals surface area contributed by atoms with Gasteiger partial charge in [-0.1, -0.05) is 6.92 Å². The van der Waals surface area contributed by atoms with Crippen molar-refractivity contribution in [2.24, 2.45) is 28.2 Å². The molecular weight excluding hydrogens is 546 g/mol. The minimum Gasteiger partial charge on any atom is -0.351 e.